The van der Waals surface area contributed by atoms with E-state index in [1.807, 2.05) is 29.2 Å². The molecule has 146 valence electrons. The summed E-state index contributed by atoms with van der Waals surface area (Å²) in [7, 11) is 0. The number of aromatic nitrogens is 1. The largest absolute Gasteiger partial charge is 0.386 e. The van der Waals surface area contributed by atoms with E-state index < -0.39 is 0 Å². The summed E-state index contributed by atoms with van der Waals surface area (Å²) in [5, 5.41) is 3.74. The number of nitrogens with two attached hydrogens (primary N) is 3. The van der Waals surface area contributed by atoms with Gasteiger partial charge in [-0.3, -0.25) is 4.79 Å². The summed E-state index contributed by atoms with van der Waals surface area (Å²) < 4.78 is 0. The summed E-state index contributed by atoms with van der Waals surface area (Å²) in [6, 6.07) is 7.36. The second kappa shape index (κ2) is 8.57. The molecule has 2 aromatic rings. The minimum Gasteiger partial charge on any atom is -0.386 e. The molecule has 0 fully saturated rings. The zero-order chi connectivity index (χ0) is 20.1. The van der Waals surface area contributed by atoms with Crippen LogP contribution in [0.4, 0.5) is 5.69 Å². The summed E-state index contributed by atoms with van der Waals surface area (Å²) in [6.07, 6.45) is 4.51. The number of nitrogens with one attached hydrogen (secondary N) is 1. The summed E-state index contributed by atoms with van der Waals surface area (Å²) in [5.41, 5.74) is 19.2. The van der Waals surface area contributed by atoms with Crippen molar-refractivity contribution in [1.82, 2.24) is 9.88 Å². The van der Waals surface area contributed by atoms with Crippen molar-refractivity contribution in [1.29, 1.82) is 0 Å². The van der Waals surface area contributed by atoms with Gasteiger partial charge in [0.2, 0.25) is 0 Å². The van der Waals surface area contributed by atoms with Crippen LogP contribution in [0.3, 0.4) is 0 Å². The van der Waals surface area contributed by atoms with Crippen LogP contribution in [-0.2, 0) is 6.54 Å². The van der Waals surface area contributed by atoms with E-state index >= 15 is 0 Å². The van der Waals surface area contributed by atoms with Gasteiger partial charge in [-0.1, -0.05) is 24.8 Å². The Hall–Kier alpha value is -3.33. The molecule has 0 atom stereocenters. The van der Waals surface area contributed by atoms with Crippen LogP contribution in [0.2, 0.25) is 0 Å². The fraction of sp³-hybridized carbons (Fsp3) is 0.211. The van der Waals surface area contributed by atoms with Crippen molar-refractivity contribution in [3.63, 3.8) is 0 Å². The Balaban J connectivity index is 1.61. The summed E-state index contributed by atoms with van der Waals surface area (Å²) in [4.78, 5) is 23.4. The molecular formula is C19H23N7OS. The van der Waals surface area contributed by atoms with Crippen LogP contribution >= 0.6 is 11.3 Å². The number of hydrogen-bond donors (Lipinski definition) is 4. The number of aliphatic imine (C=N–C) groups is 1. The number of carbonyl (C=O) groups is 1. The summed E-state index contributed by atoms with van der Waals surface area (Å²) in [6.45, 7) is 5.67. The fourth-order valence-electron chi connectivity index (χ4n) is 2.72. The van der Waals surface area contributed by atoms with Crippen molar-refractivity contribution in [3.05, 3.63) is 64.4 Å². The third-order valence-corrected chi connectivity index (χ3v) is 5.35. The Morgan fingerprint density at radius 3 is 2.64 bits per heavy atom. The Morgan fingerprint density at radius 1 is 1.29 bits per heavy atom. The van der Waals surface area contributed by atoms with E-state index in [0.29, 0.717) is 29.5 Å². The Kier molecular flexibility index (Phi) is 5.95. The molecule has 1 amide bonds. The first-order chi connectivity index (χ1) is 13.4. The van der Waals surface area contributed by atoms with Crippen LogP contribution in [0.5, 0.6) is 0 Å². The molecule has 0 saturated heterocycles. The van der Waals surface area contributed by atoms with Gasteiger partial charge in [0.1, 0.15) is 9.88 Å². The third-order valence-electron chi connectivity index (χ3n) is 4.28. The highest BCUT2D eigenvalue weighted by molar-refractivity contribution is 7.14. The van der Waals surface area contributed by atoms with Gasteiger partial charge in [0.15, 0.2) is 5.96 Å². The van der Waals surface area contributed by atoms with Crippen molar-refractivity contribution in [2.75, 3.05) is 18.4 Å². The Morgan fingerprint density at radius 2 is 2.04 bits per heavy atom. The van der Waals surface area contributed by atoms with Crippen LogP contribution in [0.1, 0.15) is 26.7 Å². The molecule has 1 aromatic heterocycles. The predicted molar refractivity (Wildman–Crippen MR) is 114 cm³/mol. The minimum absolute atomic E-state index is 0.0483. The first-order valence-electron chi connectivity index (χ1n) is 8.72. The van der Waals surface area contributed by atoms with E-state index in [0.717, 1.165) is 29.1 Å². The predicted octanol–water partition coefficient (Wildman–Crippen LogP) is 1.69. The van der Waals surface area contributed by atoms with Gasteiger partial charge < -0.3 is 27.4 Å². The average Bonchev–Trinajstić information content (AvgIpc) is 3.18. The van der Waals surface area contributed by atoms with Gasteiger partial charge in [-0.25, -0.2) is 9.98 Å². The highest BCUT2D eigenvalue weighted by atomic mass is 32.1. The number of amides is 1. The molecule has 0 aliphatic carbocycles. The molecular weight excluding hydrogens is 374 g/mol. The lowest BCUT2D eigenvalue weighted by molar-refractivity contribution is 0.103. The number of rotatable bonds is 6. The first kappa shape index (κ1) is 19.4. The molecule has 0 spiro atoms. The fourth-order valence-corrected chi connectivity index (χ4v) is 3.60. The molecule has 0 unspecified atom stereocenters. The number of hydrogen-bond acceptors (Lipinski definition) is 6. The van der Waals surface area contributed by atoms with E-state index in [9.17, 15) is 4.79 Å². The van der Waals surface area contributed by atoms with E-state index in [2.05, 4.69) is 27.9 Å². The highest BCUT2D eigenvalue weighted by Gasteiger charge is 2.17. The van der Waals surface area contributed by atoms with Gasteiger partial charge in [0.25, 0.3) is 5.91 Å². The van der Waals surface area contributed by atoms with Crippen LogP contribution in [-0.4, -0.2) is 34.8 Å². The Labute approximate surface area is 167 Å². The normalized spacial score (nSPS) is 13.6. The standard InChI is InChI=1S/C19H23N7OS/c1-12(20)26-8-6-14(7-9-26)18-23-11-16(28-18)17(27)25-15-4-2-13(3-5-15)10-24-19(21)22/h2-6,11H,1,7-10,20H2,(H,25,27)(H4,21,22,24). The van der Waals surface area contributed by atoms with Gasteiger partial charge >= 0.3 is 0 Å². The molecule has 8 nitrogen and oxygen atoms in total. The number of anilines is 1. The van der Waals surface area contributed by atoms with Crippen LogP contribution in [0.15, 0.2) is 53.9 Å². The van der Waals surface area contributed by atoms with E-state index in [-0.39, 0.29) is 11.9 Å². The van der Waals surface area contributed by atoms with Crippen molar-refractivity contribution in [2.45, 2.75) is 13.0 Å². The number of benzene rings is 1. The van der Waals surface area contributed by atoms with Crippen LogP contribution in [0.25, 0.3) is 5.57 Å². The van der Waals surface area contributed by atoms with Gasteiger partial charge in [-0.2, -0.15) is 0 Å². The van der Waals surface area contributed by atoms with Gasteiger partial charge in [0, 0.05) is 18.8 Å². The molecule has 7 N–H and O–H groups in total. The van der Waals surface area contributed by atoms with E-state index in [4.69, 9.17) is 17.2 Å². The topological polar surface area (TPSA) is 136 Å². The zero-order valence-corrected chi connectivity index (χ0v) is 16.2. The zero-order valence-electron chi connectivity index (χ0n) is 15.4. The maximum absolute atomic E-state index is 12.5. The second-order valence-electron chi connectivity index (χ2n) is 6.34. The lowest BCUT2D eigenvalue weighted by Crippen LogP contribution is -2.31. The highest BCUT2D eigenvalue weighted by Crippen LogP contribution is 2.27. The van der Waals surface area contributed by atoms with Crippen LogP contribution in [0, 0.1) is 0 Å². The van der Waals surface area contributed by atoms with Crippen molar-refractivity contribution in [2.24, 2.45) is 22.2 Å². The van der Waals surface area contributed by atoms with Crippen LogP contribution < -0.4 is 22.5 Å². The Bertz CT molecular complexity index is 926. The molecule has 1 aliphatic heterocycles. The molecule has 3 rings (SSSR count). The molecule has 9 heteroatoms. The molecule has 28 heavy (non-hydrogen) atoms. The summed E-state index contributed by atoms with van der Waals surface area (Å²) in [5.74, 6) is 0.431. The summed E-state index contributed by atoms with van der Waals surface area (Å²) >= 11 is 1.38. The second-order valence-corrected chi connectivity index (χ2v) is 7.37. The molecule has 1 aromatic carbocycles. The first-order valence-corrected chi connectivity index (χ1v) is 9.54. The smallest absolute Gasteiger partial charge is 0.267 e. The maximum Gasteiger partial charge on any atom is 0.267 e. The lowest BCUT2D eigenvalue weighted by atomic mass is 10.1. The molecule has 0 radical (unpaired) electrons. The number of nitrogens with zero attached hydrogens (tertiary/aromatic N) is 3. The van der Waals surface area contributed by atoms with Gasteiger partial charge in [-0.15, -0.1) is 11.3 Å². The molecule has 0 saturated carbocycles. The van der Waals surface area contributed by atoms with E-state index in [1.54, 1.807) is 6.20 Å². The SMILES string of the molecule is C=C(N)N1CC=C(c2ncc(C(=O)Nc3ccc(CN=C(N)N)cc3)s2)CC1. The quantitative estimate of drug-likeness (QED) is 0.433. The molecule has 2 heterocycles. The monoisotopic (exact) mass is 397 g/mol. The third kappa shape index (κ3) is 4.89. The maximum atomic E-state index is 12.5. The van der Waals surface area contributed by atoms with Crippen molar-refractivity contribution >= 4 is 34.5 Å². The lowest BCUT2D eigenvalue weighted by Gasteiger charge is -2.27. The minimum atomic E-state index is -0.186. The molecule has 0 bridgehead atoms. The average molecular weight is 398 g/mol. The number of guanidine groups is 1. The van der Waals surface area contributed by atoms with Crippen molar-refractivity contribution < 1.29 is 4.79 Å². The van der Waals surface area contributed by atoms with Gasteiger partial charge in [-0.05, 0) is 29.7 Å². The number of thiazole rings is 1. The van der Waals surface area contributed by atoms with E-state index in [1.165, 1.54) is 11.3 Å². The molecule has 1 aliphatic rings. The number of carbonyl (C=O) groups excluding carboxylic acids is 1. The van der Waals surface area contributed by atoms with Gasteiger partial charge in [0.05, 0.1) is 18.6 Å². The van der Waals surface area contributed by atoms with Crippen molar-refractivity contribution in [3.8, 4) is 0 Å².